The first-order chi connectivity index (χ1) is 8.74. The lowest BCUT2D eigenvalue weighted by Crippen LogP contribution is -2.52. The first kappa shape index (κ1) is 13.1. The van der Waals surface area contributed by atoms with E-state index in [0.717, 1.165) is 0 Å². The van der Waals surface area contributed by atoms with Crippen LogP contribution in [0.3, 0.4) is 0 Å². The fourth-order valence-electron chi connectivity index (χ4n) is 3.74. The zero-order chi connectivity index (χ0) is 12.6. The molecule has 0 spiro atoms. The van der Waals surface area contributed by atoms with Crippen LogP contribution in [0, 0.1) is 0 Å². The van der Waals surface area contributed by atoms with Crippen LogP contribution in [0.4, 0.5) is 0 Å². The van der Waals surface area contributed by atoms with Crippen molar-refractivity contribution >= 4 is 27.3 Å². The van der Waals surface area contributed by atoms with Crippen LogP contribution >= 0.6 is 27.3 Å². The molecule has 0 bridgehead atoms. The van der Waals surface area contributed by atoms with Gasteiger partial charge in [0.1, 0.15) is 0 Å². The number of nitrogens with zero attached hydrogens (tertiary/aromatic N) is 1. The van der Waals surface area contributed by atoms with Gasteiger partial charge in [0.2, 0.25) is 0 Å². The Morgan fingerprint density at radius 2 is 1.89 bits per heavy atom. The van der Waals surface area contributed by atoms with Gasteiger partial charge in [0.05, 0.1) is 6.04 Å². The minimum atomic E-state index is 0.174. The van der Waals surface area contributed by atoms with Gasteiger partial charge in [-0.1, -0.05) is 12.8 Å². The second kappa shape index (κ2) is 5.23. The number of rotatable bonds is 3. The Hall–Kier alpha value is 0.1000. The zero-order valence-electron chi connectivity index (χ0n) is 10.7. The third-order valence-electron chi connectivity index (χ3n) is 4.71. The standard InChI is InChI=1S/C14H21BrN2S/c15-11-5-10-18-12(11)13(16)14(6-1-2-7-14)17-8-3-4-9-17/h5,10,13H,1-4,6-9,16H2. The molecule has 2 fully saturated rings. The molecule has 2 nitrogen and oxygen atoms in total. The third kappa shape index (κ3) is 2.07. The van der Waals surface area contributed by atoms with Gasteiger partial charge in [-0.3, -0.25) is 4.90 Å². The Kier molecular flexibility index (Phi) is 3.81. The lowest BCUT2D eigenvalue weighted by atomic mass is 9.86. The fourth-order valence-corrected chi connectivity index (χ4v) is 5.48. The molecule has 2 N–H and O–H groups in total. The number of hydrogen-bond donors (Lipinski definition) is 1. The lowest BCUT2D eigenvalue weighted by molar-refractivity contribution is 0.0932. The van der Waals surface area contributed by atoms with Gasteiger partial charge in [-0.2, -0.15) is 0 Å². The van der Waals surface area contributed by atoms with E-state index in [0.29, 0.717) is 0 Å². The average Bonchev–Trinajstić information content (AvgIpc) is 3.10. The summed E-state index contributed by atoms with van der Waals surface area (Å²) in [6.45, 7) is 2.49. The van der Waals surface area contributed by atoms with E-state index in [4.69, 9.17) is 5.73 Å². The van der Waals surface area contributed by atoms with E-state index in [1.165, 1.54) is 61.0 Å². The predicted molar refractivity (Wildman–Crippen MR) is 81.0 cm³/mol. The maximum absolute atomic E-state index is 6.70. The van der Waals surface area contributed by atoms with Crippen LogP contribution in [0.1, 0.15) is 49.4 Å². The van der Waals surface area contributed by atoms with E-state index in [9.17, 15) is 0 Å². The molecule has 1 aromatic heterocycles. The molecule has 1 aliphatic carbocycles. The van der Waals surface area contributed by atoms with Crippen molar-refractivity contribution in [2.75, 3.05) is 13.1 Å². The minimum absolute atomic E-state index is 0.174. The van der Waals surface area contributed by atoms with Crippen molar-refractivity contribution in [1.82, 2.24) is 4.90 Å². The first-order valence-corrected chi connectivity index (χ1v) is 8.65. The highest BCUT2D eigenvalue weighted by Gasteiger charge is 2.46. The highest BCUT2D eigenvalue weighted by Crippen LogP contribution is 2.47. The van der Waals surface area contributed by atoms with Gasteiger partial charge >= 0.3 is 0 Å². The highest BCUT2D eigenvalue weighted by molar-refractivity contribution is 9.10. The molecule has 1 aromatic rings. The minimum Gasteiger partial charge on any atom is -0.322 e. The van der Waals surface area contributed by atoms with Gasteiger partial charge < -0.3 is 5.73 Å². The molecule has 1 aliphatic heterocycles. The number of nitrogens with two attached hydrogens (primary N) is 1. The van der Waals surface area contributed by atoms with Crippen molar-refractivity contribution in [3.63, 3.8) is 0 Å². The number of hydrogen-bond acceptors (Lipinski definition) is 3. The topological polar surface area (TPSA) is 29.3 Å². The molecule has 1 saturated carbocycles. The molecular weight excluding hydrogens is 308 g/mol. The monoisotopic (exact) mass is 328 g/mol. The zero-order valence-corrected chi connectivity index (χ0v) is 13.1. The average molecular weight is 329 g/mol. The van der Waals surface area contributed by atoms with Gasteiger partial charge in [0.15, 0.2) is 0 Å². The number of thiophene rings is 1. The number of likely N-dealkylation sites (tertiary alicyclic amines) is 1. The quantitative estimate of drug-likeness (QED) is 0.911. The first-order valence-electron chi connectivity index (χ1n) is 6.97. The summed E-state index contributed by atoms with van der Waals surface area (Å²) in [7, 11) is 0. The van der Waals surface area contributed by atoms with Gasteiger partial charge in [-0.15, -0.1) is 11.3 Å². The summed E-state index contributed by atoms with van der Waals surface area (Å²) in [4.78, 5) is 4.03. The van der Waals surface area contributed by atoms with Gasteiger partial charge in [-0.25, -0.2) is 0 Å². The highest BCUT2D eigenvalue weighted by atomic mass is 79.9. The van der Waals surface area contributed by atoms with E-state index in [1.807, 2.05) is 0 Å². The van der Waals surface area contributed by atoms with Crippen molar-refractivity contribution in [1.29, 1.82) is 0 Å². The van der Waals surface area contributed by atoms with Crippen molar-refractivity contribution in [2.24, 2.45) is 5.73 Å². The summed E-state index contributed by atoms with van der Waals surface area (Å²) in [6.07, 6.45) is 7.93. The second-order valence-electron chi connectivity index (χ2n) is 5.62. The smallest absolute Gasteiger partial charge is 0.0588 e. The van der Waals surface area contributed by atoms with Crippen LogP contribution in [-0.4, -0.2) is 23.5 Å². The van der Waals surface area contributed by atoms with Crippen molar-refractivity contribution in [3.05, 3.63) is 20.8 Å². The summed E-state index contributed by atoms with van der Waals surface area (Å²) in [5.74, 6) is 0. The molecule has 0 amide bonds. The van der Waals surface area contributed by atoms with Crippen LogP contribution in [0.2, 0.25) is 0 Å². The van der Waals surface area contributed by atoms with Gasteiger partial charge in [-0.05, 0) is 66.1 Å². The van der Waals surface area contributed by atoms with E-state index in [2.05, 4.69) is 32.3 Å². The molecule has 1 unspecified atom stereocenters. The van der Waals surface area contributed by atoms with E-state index in [1.54, 1.807) is 11.3 Å². The Balaban J connectivity index is 1.91. The van der Waals surface area contributed by atoms with Gasteiger partial charge in [0, 0.05) is 14.9 Å². The van der Waals surface area contributed by atoms with Crippen LogP contribution in [0.15, 0.2) is 15.9 Å². The Labute approximate surface area is 122 Å². The normalized spacial score (nSPS) is 25.7. The molecule has 18 heavy (non-hydrogen) atoms. The Bertz CT molecular complexity index is 406. The van der Waals surface area contributed by atoms with E-state index >= 15 is 0 Å². The van der Waals surface area contributed by atoms with Crippen LogP contribution in [-0.2, 0) is 0 Å². The second-order valence-corrected chi connectivity index (χ2v) is 7.42. The molecule has 4 heteroatoms. The molecule has 0 aromatic carbocycles. The summed E-state index contributed by atoms with van der Waals surface area (Å²) in [5, 5.41) is 2.14. The summed E-state index contributed by atoms with van der Waals surface area (Å²) >= 11 is 5.46. The molecule has 100 valence electrons. The molecule has 2 aliphatic rings. The summed E-state index contributed by atoms with van der Waals surface area (Å²) in [5.41, 5.74) is 6.94. The molecule has 1 atom stereocenters. The third-order valence-corrected chi connectivity index (χ3v) is 6.67. The maximum Gasteiger partial charge on any atom is 0.0588 e. The summed E-state index contributed by atoms with van der Waals surface area (Å²) in [6, 6.07) is 2.31. The number of halogens is 1. The largest absolute Gasteiger partial charge is 0.322 e. The molecule has 0 radical (unpaired) electrons. The SMILES string of the molecule is NC(c1sccc1Br)C1(N2CCCC2)CCCC1. The lowest BCUT2D eigenvalue weighted by Gasteiger charge is -2.43. The van der Waals surface area contributed by atoms with E-state index in [-0.39, 0.29) is 11.6 Å². The molecular formula is C14H21BrN2S. The predicted octanol–water partition coefficient (Wildman–Crippen LogP) is 3.92. The van der Waals surface area contributed by atoms with Crippen LogP contribution in [0.5, 0.6) is 0 Å². The maximum atomic E-state index is 6.70. The van der Waals surface area contributed by atoms with Gasteiger partial charge in [0.25, 0.3) is 0 Å². The molecule has 2 heterocycles. The van der Waals surface area contributed by atoms with Crippen LogP contribution < -0.4 is 5.73 Å². The fraction of sp³-hybridized carbons (Fsp3) is 0.714. The Morgan fingerprint density at radius 1 is 1.22 bits per heavy atom. The summed E-state index contributed by atoms with van der Waals surface area (Å²) < 4.78 is 1.20. The van der Waals surface area contributed by atoms with E-state index < -0.39 is 0 Å². The molecule has 3 rings (SSSR count). The Morgan fingerprint density at radius 3 is 2.44 bits per heavy atom. The van der Waals surface area contributed by atoms with Crippen molar-refractivity contribution in [2.45, 2.75) is 50.1 Å². The van der Waals surface area contributed by atoms with Crippen LogP contribution in [0.25, 0.3) is 0 Å². The molecule has 1 saturated heterocycles. The van der Waals surface area contributed by atoms with Crippen molar-refractivity contribution < 1.29 is 0 Å². The van der Waals surface area contributed by atoms with Crippen molar-refractivity contribution in [3.8, 4) is 0 Å².